The van der Waals surface area contributed by atoms with Crippen molar-refractivity contribution in [3.8, 4) is 0 Å². The number of aromatic nitrogens is 1. The zero-order valence-corrected chi connectivity index (χ0v) is 7.43. The van der Waals surface area contributed by atoms with E-state index in [1.807, 2.05) is 0 Å². The number of rotatable bonds is 3. The molecule has 0 aliphatic carbocycles. The van der Waals surface area contributed by atoms with Gasteiger partial charge in [-0.05, 0) is 0 Å². The van der Waals surface area contributed by atoms with Crippen LogP contribution in [0.25, 0.3) is 0 Å². The first-order valence-electron chi connectivity index (χ1n) is 3.38. The highest BCUT2D eigenvalue weighted by molar-refractivity contribution is 7.14. The normalized spacial score (nSPS) is 9.62. The zero-order valence-electron chi connectivity index (χ0n) is 6.61. The monoisotopic (exact) mass is 200 g/mol. The largest absolute Gasteiger partial charge is 0.364 e. The Balaban J connectivity index is 2.69. The summed E-state index contributed by atoms with van der Waals surface area (Å²) in [7, 11) is 0. The lowest BCUT2D eigenvalue weighted by Crippen LogP contribution is -2.22. The lowest BCUT2D eigenvalue weighted by Gasteiger charge is -1.95. The number of nitrogens with one attached hydrogen (secondary N) is 1. The molecule has 0 aliphatic rings. The summed E-state index contributed by atoms with van der Waals surface area (Å²) >= 11 is 1.12. The number of carbonyl (C=O) groups is 2. The first-order chi connectivity index (χ1) is 6.13. The number of hydrogen-bond donors (Lipinski definition) is 3. The minimum absolute atomic E-state index is 0.120. The molecule has 2 amide bonds. The van der Waals surface area contributed by atoms with E-state index in [4.69, 9.17) is 11.5 Å². The molecule has 0 saturated carbocycles. The number of nitrogens with zero attached hydrogens (tertiary/aromatic N) is 1. The van der Waals surface area contributed by atoms with E-state index in [0.29, 0.717) is 5.13 Å². The molecule has 7 heteroatoms. The maximum absolute atomic E-state index is 10.8. The molecule has 0 atom stereocenters. The highest BCUT2D eigenvalue weighted by Gasteiger charge is 2.07. The van der Waals surface area contributed by atoms with Gasteiger partial charge in [-0.15, -0.1) is 11.3 Å². The van der Waals surface area contributed by atoms with Gasteiger partial charge in [-0.1, -0.05) is 0 Å². The summed E-state index contributed by atoms with van der Waals surface area (Å²) in [5.74, 6) is -0.977. The van der Waals surface area contributed by atoms with Crippen LogP contribution < -0.4 is 16.8 Å². The number of anilines is 1. The fourth-order valence-electron chi connectivity index (χ4n) is 0.615. The number of nitrogens with two attached hydrogens (primary N) is 2. The fourth-order valence-corrected chi connectivity index (χ4v) is 1.33. The van der Waals surface area contributed by atoms with Gasteiger partial charge in [0, 0.05) is 5.38 Å². The van der Waals surface area contributed by atoms with Crippen molar-refractivity contribution >= 4 is 28.3 Å². The van der Waals surface area contributed by atoms with E-state index in [0.717, 1.165) is 11.3 Å². The summed E-state index contributed by atoms with van der Waals surface area (Å²) in [4.78, 5) is 25.1. The zero-order chi connectivity index (χ0) is 9.84. The molecule has 0 aliphatic heterocycles. The third kappa shape index (κ3) is 2.49. The quantitative estimate of drug-likeness (QED) is 0.589. The molecule has 6 nitrogen and oxygen atoms in total. The average Bonchev–Trinajstić information content (AvgIpc) is 2.52. The van der Waals surface area contributed by atoms with Gasteiger partial charge in [0.25, 0.3) is 5.91 Å². The van der Waals surface area contributed by atoms with Crippen LogP contribution >= 0.6 is 11.3 Å². The summed E-state index contributed by atoms with van der Waals surface area (Å²) in [6, 6.07) is 0. The van der Waals surface area contributed by atoms with Crippen molar-refractivity contribution in [2.75, 3.05) is 11.9 Å². The van der Waals surface area contributed by atoms with E-state index in [9.17, 15) is 9.59 Å². The van der Waals surface area contributed by atoms with Crippen LogP contribution in [0.4, 0.5) is 5.13 Å². The summed E-state index contributed by atoms with van der Waals surface area (Å²) in [5, 5.41) is 4.19. The van der Waals surface area contributed by atoms with E-state index in [-0.39, 0.29) is 18.1 Å². The Hall–Kier alpha value is -1.47. The molecule has 0 unspecified atom stereocenters. The van der Waals surface area contributed by atoms with Gasteiger partial charge in [0.1, 0.15) is 5.69 Å². The third-order valence-electron chi connectivity index (χ3n) is 1.19. The molecule has 0 bridgehead atoms. The van der Waals surface area contributed by atoms with E-state index in [1.54, 1.807) is 0 Å². The molecule has 1 rings (SSSR count). The number of primary amides is 1. The molecule has 70 valence electrons. The molecule has 1 aromatic heterocycles. The lowest BCUT2D eigenvalue weighted by molar-refractivity contribution is -0.114. The molecule has 1 heterocycles. The van der Waals surface area contributed by atoms with Crippen molar-refractivity contribution in [3.05, 3.63) is 11.1 Å². The first kappa shape index (κ1) is 9.62. The average molecular weight is 200 g/mol. The number of hydrogen-bond acceptors (Lipinski definition) is 5. The SMILES string of the molecule is NCC(=O)Nc1nc(C(N)=O)cs1. The van der Waals surface area contributed by atoms with Gasteiger partial charge in [-0.3, -0.25) is 9.59 Å². The molecular formula is C6H8N4O2S. The second-order valence-corrected chi connectivity index (χ2v) is 3.01. The maximum Gasteiger partial charge on any atom is 0.268 e. The molecule has 13 heavy (non-hydrogen) atoms. The Morgan fingerprint density at radius 1 is 1.62 bits per heavy atom. The molecule has 0 spiro atoms. The van der Waals surface area contributed by atoms with Gasteiger partial charge in [-0.25, -0.2) is 4.98 Å². The number of thiazole rings is 1. The van der Waals surface area contributed by atoms with Gasteiger partial charge in [0.2, 0.25) is 5.91 Å². The first-order valence-corrected chi connectivity index (χ1v) is 4.26. The summed E-state index contributed by atoms with van der Waals surface area (Å²) < 4.78 is 0. The lowest BCUT2D eigenvalue weighted by atomic mass is 10.5. The van der Waals surface area contributed by atoms with Crippen LogP contribution in [-0.4, -0.2) is 23.3 Å². The van der Waals surface area contributed by atoms with E-state index in [1.165, 1.54) is 5.38 Å². The van der Waals surface area contributed by atoms with Crippen molar-refractivity contribution in [2.45, 2.75) is 0 Å². The van der Waals surface area contributed by atoms with E-state index in [2.05, 4.69) is 10.3 Å². The van der Waals surface area contributed by atoms with Crippen LogP contribution in [0, 0.1) is 0 Å². The second kappa shape index (κ2) is 3.97. The van der Waals surface area contributed by atoms with Crippen LogP contribution in [0.5, 0.6) is 0 Å². The van der Waals surface area contributed by atoms with E-state index < -0.39 is 5.91 Å². The molecule has 1 aromatic rings. The Morgan fingerprint density at radius 2 is 2.31 bits per heavy atom. The Morgan fingerprint density at radius 3 is 2.77 bits per heavy atom. The smallest absolute Gasteiger partial charge is 0.268 e. The number of carbonyl (C=O) groups excluding carboxylic acids is 2. The van der Waals surface area contributed by atoms with Crippen LogP contribution in [0.3, 0.4) is 0 Å². The summed E-state index contributed by atoms with van der Waals surface area (Å²) in [6.07, 6.45) is 0. The molecular weight excluding hydrogens is 192 g/mol. The highest BCUT2D eigenvalue weighted by atomic mass is 32.1. The predicted molar refractivity (Wildman–Crippen MR) is 48.3 cm³/mol. The van der Waals surface area contributed by atoms with Crippen LogP contribution in [-0.2, 0) is 4.79 Å². The Bertz CT molecular complexity index is 335. The van der Waals surface area contributed by atoms with Gasteiger partial charge >= 0.3 is 0 Å². The fraction of sp³-hybridized carbons (Fsp3) is 0.167. The van der Waals surface area contributed by atoms with Crippen molar-refractivity contribution in [3.63, 3.8) is 0 Å². The molecule has 0 aromatic carbocycles. The van der Waals surface area contributed by atoms with Gasteiger partial charge in [0.05, 0.1) is 6.54 Å². The van der Waals surface area contributed by atoms with Crippen LogP contribution in [0.2, 0.25) is 0 Å². The summed E-state index contributed by atoms with van der Waals surface area (Å²) in [6.45, 7) is -0.120. The molecule has 0 fully saturated rings. The van der Waals surface area contributed by atoms with Crippen molar-refractivity contribution in [2.24, 2.45) is 11.5 Å². The Kier molecular flexibility index (Phi) is 2.93. The van der Waals surface area contributed by atoms with Crippen LogP contribution in [0.1, 0.15) is 10.5 Å². The summed E-state index contributed by atoms with van der Waals surface area (Å²) in [5.41, 5.74) is 10.2. The Labute approximate surface area is 77.9 Å². The predicted octanol–water partition coefficient (Wildman–Crippen LogP) is -0.861. The molecule has 0 radical (unpaired) electrons. The minimum Gasteiger partial charge on any atom is -0.364 e. The highest BCUT2D eigenvalue weighted by Crippen LogP contribution is 2.14. The van der Waals surface area contributed by atoms with Gasteiger partial charge in [0.15, 0.2) is 5.13 Å². The third-order valence-corrected chi connectivity index (χ3v) is 1.95. The topological polar surface area (TPSA) is 111 Å². The van der Waals surface area contributed by atoms with Gasteiger partial charge in [-0.2, -0.15) is 0 Å². The van der Waals surface area contributed by atoms with E-state index >= 15 is 0 Å². The number of amides is 2. The minimum atomic E-state index is -0.621. The maximum atomic E-state index is 10.8. The van der Waals surface area contributed by atoms with Crippen molar-refractivity contribution < 1.29 is 9.59 Å². The van der Waals surface area contributed by atoms with Crippen molar-refractivity contribution in [1.29, 1.82) is 0 Å². The van der Waals surface area contributed by atoms with Crippen LogP contribution in [0.15, 0.2) is 5.38 Å². The molecule has 0 saturated heterocycles. The standard InChI is InChI=1S/C6H8N4O2S/c7-1-4(11)10-6-9-3(2-13-6)5(8)12/h2H,1,7H2,(H2,8,12)(H,9,10,11). The van der Waals surface area contributed by atoms with Crippen molar-refractivity contribution in [1.82, 2.24) is 4.98 Å². The molecule has 5 N–H and O–H groups in total. The van der Waals surface area contributed by atoms with Gasteiger partial charge < -0.3 is 16.8 Å². The second-order valence-electron chi connectivity index (χ2n) is 2.15.